The molecular formula is C14H24N2O3. The second kappa shape index (κ2) is 6.37. The summed E-state index contributed by atoms with van der Waals surface area (Å²) >= 11 is 0. The lowest BCUT2D eigenvalue weighted by molar-refractivity contribution is -0.138. The first-order chi connectivity index (χ1) is 9.04. The fourth-order valence-electron chi connectivity index (χ4n) is 3.29. The van der Waals surface area contributed by atoms with Crippen molar-refractivity contribution in [1.82, 2.24) is 10.2 Å². The minimum absolute atomic E-state index is 0.165. The predicted molar refractivity (Wildman–Crippen MR) is 71.7 cm³/mol. The number of carboxylic acids is 1. The first-order valence-corrected chi connectivity index (χ1v) is 7.28. The quantitative estimate of drug-likeness (QED) is 0.783. The van der Waals surface area contributed by atoms with E-state index in [4.69, 9.17) is 5.11 Å². The van der Waals surface area contributed by atoms with E-state index in [1.165, 1.54) is 0 Å². The normalized spacial score (nSPS) is 30.1. The van der Waals surface area contributed by atoms with Crippen LogP contribution in [0.4, 0.5) is 0 Å². The topological polar surface area (TPSA) is 69.6 Å². The molecule has 108 valence electrons. The molecule has 0 radical (unpaired) electrons. The molecule has 0 saturated carbocycles. The summed E-state index contributed by atoms with van der Waals surface area (Å²) in [5.74, 6) is 0.172. The van der Waals surface area contributed by atoms with Crippen molar-refractivity contribution >= 4 is 11.9 Å². The maximum Gasteiger partial charge on any atom is 0.303 e. The van der Waals surface area contributed by atoms with Crippen LogP contribution in [0.25, 0.3) is 0 Å². The molecule has 2 aliphatic rings. The van der Waals surface area contributed by atoms with Gasteiger partial charge in [0.1, 0.15) is 0 Å². The van der Waals surface area contributed by atoms with Gasteiger partial charge < -0.3 is 15.3 Å². The number of carboxylic acid groups (broad SMARTS) is 1. The Labute approximate surface area is 114 Å². The molecule has 0 aromatic rings. The van der Waals surface area contributed by atoms with E-state index in [0.717, 1.165) is 38.9 Å². The van der Waals surface area contributed by atoms with Gasteiger partial charge in [0.15, 0.2) is 0 Å². The molecule has 2 N–H and O–H groups in total. The fraction of sp³-hybridized carbons (Fsp3) is 0.857. The van der Waals surface area contributed by atoms with Crippen molar-refractivity contribution in [2.75, 3.05) is 19.6 Å². The number of piperidine rings is 1. The number of carbonyl (C=O) groups is 2. The van der Waals surface area contributed by atoms with Gasteiger partial charge >= 0.3 is 5.97 Å². The van der Waals surface area contributed by atoms with Crippen LogP contribution in [0.5, 0.6) is 0 Å². The predicted octanol–water partition coefficient (Wildman–Crippen LogP) is 1.09. The third kappa shape index (κ3) is 4.20. The molecule has 3 atom stereocenters. The van der Waals surface area contributed by atoms with Crippen molar-refractivity contribution in [3.05, 3.63) is 0 Å². The van der Waals surface area contributed by atoms with Crippen LogP contribution >= 0.6 is 0 Å². The highest BCUT2D eigenvalue weighted by molar-refractivity contribution is 5.78. The first kappa shape index (κ1) is 14.3. The van der Waals surface area contributed by atoms with Crippen molar-refractivity contribution < 1.29 is 14.7 Å². The lowest BCUT2D eigenvalue weighted by atomic mass is 9.84. The number of nitrogens with zero attached hydrogens (tertiary/aromatic N) is 1. The molecule has 2 heterocycles. The summed E-state index contributed by atoms with van der Waals surface area (Å²) < 4.78 is 0. The Morgan fingerprint density at radius 3 is 2.95 bits per heavy atom. The Balaban J connectivity index is 1.79. The van der Waals surface area contributed by atoms with E-state index in [0.29, 0.717) is 18.4 Å². The van der Waals surface area contributed by atoms with Crippen LogP contribution < -0.4 is 5.32 Å². The van der Waals surface area contributed by atoms with Gasteiger partial charge in [-0.1, -0.05) is 6.92 Å². The lowest BCUT2D eigenvalue weighted by Gasteiger charge is -2.36. The van der Waals surface area contributed by atoms with Gasteiger partial charge in [0.2, 0.25) is 5.91 Å². The standard InChI is InChI=1S/C14H24N2O3/c1-10(7-14(18)19)11-3-2-6-16(8-11)9-12-4-5-13(17)15-12/h10-12H,2-9H2,1H3,(H,15,17)(H,18,19). The number of hydrogen-bond donors (Lipinski definition) is 2. The van der Waals surface area contributed by atoms with Gasteiger partial charge in [-0.15, -0.1) is 0 Å². The molecule has 0 aromatic heterocycles. The van der Waals surface area contributed by atoms with Crippen LogP contribution in [-0.4, -0.2) is 47.6 Å². The number of nitrogens with one attached hydrogen (secondary N) is 1. The lowest BCUT2D eigenvalue weighted by Crippen LogP contribution is -2.44. The first-order valence-electron chi connectivity index (χ1n) is 7.28. The molecule has 0 bridgehead atoms. The second-order valence-electron chi connectivity index (χ2n) is 6.04. The molecule has 2 fully saturated rings. The van der Waals surface area contributed by atoms with Crippen LogP contribution in [0.3, 0.4) is 0 Å². The summed E-state index contributed by atoms with van der Waals surface area (Å²) in [6.45, 7) is 5.01. The summed E-state index contributed by atoms with van der Waals surface area (Å²) in [7, 11) is 0. The molecule has 0 aliphatic carbocycles. The molecule has 0 spiro atoms. The van der Waals surface area contributed by atoms with E-state index in [1.807, 2.05) is 6.92 Å². The third-order valence-electron chi connectivity index (χ3n) is 4.41. The molecule has 2 aliphatic heterocycles. The molecule has 19 heavy (non-hydrogen) atoms. The number of amides is 1. The fourth-order valence-corrected chi connectivity index (χ4v) is 3.29. The highest BCUT2D eigenvalue weighted by Gasteiger charge is 2.29. The largest absolute Gasteiger partial charge is 0.481 e. The van der Waals surface area contributed by atoms with Gasteiger partial charge in [0, 0.05) is 32.0 Å². The summed E-state index contributed by atoms with van der Waals surface area (Å²) in [6.07, 6.45) is 4.11. The molecule has 2 rings (SSSR count). The molecular weight excluding hydrogens is 244 g/mol. The highest BCUT2D eigenvalue weighted by Crippen LogP contribution is 2.26. The number of rotatable bonds is 5. The zero-order chi connectivity index (χ0) is 13.8. The highest BCUT2D eigenvalue weighted by atomic mass is 16.4. The van der Waals surface area contributed by atoms with E-state index in [9.17, 15) is 9.59 Å². The van der Waals surface area contributed by atoms with E-state index in [-0.39, 0.29) is 18.2 Å². The van der Waals surface area contributed by atoms with Gasteiger partial charge in [-0.3, -0.25) is 9.59 Å². The Hall–Kier alpha value is -1.10. The number of aliphatic carboxylic acids is 1. The molecule has 1 amide bonds. The van der Waals surface area contributed by atoms with Crippen LogP contribution in [0.15, 0.2) is 0 Å². The third-order valence-corrected chi connectivity index (χ3v) is 4.41. The Bertz CT molecular complexity index is 346. The van der Waals surface area contributed by atoms with Gasteiger partial charge in [-0.05, 0) is 37.6 Å². The maximum absolute atomic E-state index is 11.2. The Kier molecular flexibility index (Phi) is 4.80. The van der Waals surface area contributed by atoms with Crippen molar-refractivity contribution in [2.24, 2.45) is 11.8 Å². The minimum atomic E-state index is -0.701. The van der Waals surface area contributed by atoms with E-state index in [2.05, 4.69) is 10.2 Å². The summed E-state index contributed by atoms with van der Waals surface area (Å²) in [6, 6.07) is 0.293. The maximum atomic E-state index is 11.2. The SMILES string of the molecule is CC(CC(=O)O)C1CCCN(CC2CCC(=O)N2)C1. The van der Waals surface area contributed by atoms with Crippen molar-refractivity contribution in [3.8, 4) is 0 Å². The Morgan fingerprint density at radius 2 is 2.32 bits per heavy atom. The van der Waals surface area contributed by atoms with Crippen LogP contribution in [0, 0.1) is 11.8 Å². The summed E-state index contributed by atoms with van der Waals surface area (Å²) in [5.41, 5.74) is 0. The van der Waals surface area contributed by atoms with Gasteiger partial charge in [0.25, 0.3) is 0 Å². The number of hydrogen-bond acceptors (Lipinski definition) is 3. The van der Waals surface area contributed by atoms with Gasteiger partial charge in [-0.2, -0.15) is 0 Å². The molecule has 2 saturated heterocycles. The monoisotopic (exact) mass is 268 g/mol. The average Bonchev–Trinajstić information content (AvgIpc) is 2.74. The van der Waals surface area contributed by atoms with Crippen LogP contribution in [0.1, 0.15) is 39.0 Å². The number of carbonyl (C=O) groups excluding carboxylic acids is 1. The van der Waals surface area contributed by atoms with Crippen molar-refractivity contribution in [2.45, 2.75) is 45.1 Å². The molecule has 0 aromatic carbocycles. The number of likely N-dealkylation sites (tertiary alicyclic amines) is 1. The van der Waals surface area contributed by atoms with Gasteiger partial charge in [-0.25, -0.2) is 0 Å². The molecule has 3 unspecified atom stereocenters. The van der Waals surface area contributed by atoms with Crippen molar-refractivity contribution in [3.63, 3.8) is 0 Å². The van der Waals surface area contributed by atoms with E-state index >= 15 is 0 Å². The van der Waals surface area contributed by atoms with E-state index < -0.39 is 5.97 Å². The zero-order valence-corrected chi connectivity index (χ0v) is 11.6. The average molecular weight is 268 g/mol. The smallest absolute Gasteiger partial charge is 0.303 e. The van der Waals surface area contributed by atoms with Crippen LogP contribution in [0.2, 0.25) is 0 Å². The molecule has 5 heteroatoms. The van der Waals surface area contributed by atoms with Crippen molar-refractivity contribution in [1.29, 1.82) is 0 Å². The van der Waals surface area contributed by atoms with Gasteiger partial charge in [0.05, 0.1) is 0 Å². The Morgan fingerprint density at radius 1 is 1.53 bits per heavy atom. The second-order valence-corrected chi connectivity index (χ2v) is 6.04. The van der Waals surface area contributed by atoms with E-state index in [1.54, 1.807) is 0 Å². The van der Waals surface area contributed by atoms with Crippen LogP contribution in [-0.2, 0) is 9.59 Å². The summed E-state index contributed by atoms with van der Waals surface area (Å²) in [5, 5.41) is 11.9. The zero-order valence-electron chi connectivity index (χ0n) is 11.6. The summed E-state index contributed by atoms with van der Waals surface area (Å²) in [4.78, 5) is 24.4. The minimum Gasteiger partial charge on any atom is -0.481 e. The molecule has 5 nitrogen and oxygen atoms in total.